The van der Waals surface area contributed by atoms with E-state index in [2.05, 4.69) is 10.3 Å². The van der Waals surface area contributed by atoms with Crippen molar-refractivity contribution in [2.45, 2.75) is 20.3 Å². The first kappa shape index (κ1) is 11.5. The van der Waals surface area contributed by atoms with Gasteiger partial charge in [0.15, 0.2) is 0 Å². The Balaban J connectivity index is 2.46. The number of nitrogens with zero attached hydrogens (tertiary/aromatic N) is 1. The van der Waals surface area contributed by atoms with E-state index in [1.807, 2.05) is 26.0 Å². The Bertz CT molecular complexity index is 323. The average molecular weight is 208 g/mol. The smallest absolute Gasteiger partial charge is 0.303 e. The Labute approximate surface area is 89.3 Å². The Morgan fingerprint density at radius 2 is 2.07 bits per heavy atom. The number of hydrogen-bond donors (Lipinski definition) is 2. The summed E-state index contributed by atoms with van der Waals surface area (Å²) < 4.78 is 0. The van der Waals surface area contributed by atoms with Gasteiger partial charge in [-0.2, -0.15) is 0 Å². The number of pyridine rings is 1. The van der Waals surface area contributed by atoms with Crippen LogP contribution < -0.4 is 5.32 Å². The molecule has 0 amide bonds. The minimum atomic E-state index is -0.767. The molecule has 0 bridgehead atoms. The highest BCUT2D eigenvalue weighted by Gasteiger charge is 2.21. The summed E-state index contributed by atoms with van der Waals surface area (Å²) in [5.41, 5.74) is 0.707. The molecule has 0 aromatic carbocycles. The van der Waals surface area contributed by atoms with E-state index >= 15 is 0 Å². The van der Waals surface area contributed by atoms with Crippen molar-refractivity contribution >= 4 is 11.7 Å². The van der Waals surface area contributed by atoms with Gasteiger partial charge in [0.25, 0.3) is 0 Å². The first-order chi connectivity index (χ1) is 6.99. The number of rotatable bonds is 5. The van der Waals surface area contributed by atoms with Crippen molar-refractivity contribution in [2.75, 3.05) is 11.9 Å². The van der Waals surface area contributed by atoms with E-state index in [1.165, 1.54) is 0 Å². The van der Waals surface area contributed by atoms with Crippen molar-refractivity contribution < 1.29 is 9.90 Å². The van der Waals surface area contributed by atoms with E-state index in [0.717, 1.165) is 5.69 Å². The largest absolute Gasteiger partial charge is 0.481 e. The van der Waals surface area contributed by atoms with Gasteiger partial charge in [0.05, 0.1) is 6.42 Å². The molecule has 4 heteroatoms. The van der Waals surface area contributed by atoms with Crippen molar-refractivity contribution in [3.05, 3.63) is 24.5 Å². The van der Waals surface area contributed by atoms with Crippen molar-refractivity contribution in [3.8, 4) is 0 Å². The molecule has 0 aliphatic rings. The molecule has 1 rings (SSSR count). The molecular weight excluding hydrogens is 192 g/mol. The summed E-state index contributed by atoms with van der Waals surface area (Å²) in [5.74, 6) is -0.767. The molecule has 0 atom stereocenters. The van der Waals surface area contributed by atoms with Gasteiger partial charge in [0.2, 0.25) is 0 Å². The normalized spacial score (nSPS) is 11.1. The number of carbonyl (C=O) groups is 1. The van der Waals surface area contributed by atoms with Crippen LogP contribution in [-0.4, -0.2) is 22.6 Å². The number of carboxylic acids is 1. The van der Waals surface area contributed by atoms with E-state index < -0.39 is 5.97 Å². The SMILES string of the molecule is CC(C)(CNc1ccncc1)CC(=O)O. The number of nitrogens with one attached hydrogen (secondary N) is 1. The van der Waals surface area contributed by atoms with Crippen molar-refractivity contribution in [1.82, 2.24) is 4.98 Å². The van der Waals surface area contributed by atoms with Crippen LogP contribution >= 0.6 is 0 Å². The van der Waals surface area contributed by atoms with Crippen LogP contribution in [0.25, 0.3) is 0 Å². The summed E-state index contributed by atoms with van der Waals surface area (Å²) in [5, 5.41) is 11.9. The maximum atomic E-state index is 10.6. The molecule has 0 unspecified atom stereocenters. The molecule has 0 aliphatic carbocycles. The standard InChI is InChI=1S/C11H16N2O2/c1-11(2,7-10(14)15)8-13-9-3-5-12-6-4-9/h3-6H,7-8H2,1-2H3,(H,12,13)(H,14,15). The molecule has 0 saturated heterocycles. The molecule has 2 N–H and O–H groups in total. The molecule has 0 fully saturated rings. The van der Waals surface area contributed by atoms with Crippen LogP contribution in [0, 0.1) is 5.41 Å². The van der Waals surface area contributed by atoms with Gasteiger partial charge in [-0.1, -0.05) is 13.8 Å². The lowest BCUT2D eigenvalue weighted by Gasteiger charge is -2.23. The Morgan fingerprint density at radius 1 is 1.47 bits per heavy atom. The van der Waals surface area contributed by atoms with E-state index in [-0.39, 0.29) is 11.8 Å². The van der Waals surface area contributed by atoms with Gasteiger partial charge in [-0.25, -0.2) is 0 Å². The Hall–Kier alpha value is -1.58. The van der Waals surface area contributed by atoms with E-state index in [4.69, 9.17) is 5.11 Å². The van der Waals surface area contributed by atoms with Crippen molar-refractivity contribution in [3.63, 3.8) is 0 Å². The highest BCUT2D eigenvalue weighted by atomic mass is 16.4. The maximum Gasteiger partial charge on any atom is 0.303 e. The van der Waals surface area contributed by atoms with Gasteiger partial charge in [-0.05, 0) is 17.5 Å². The third kappa shape index (κ3) is 4.44. The zero-order valence-corrected chi connectivity index (χ0v) is 9.03. The molecule has 0 radical (unpaired) electrons. The van der Waals surface area contributed by atoms with Crippen molar-refractivity contribution in [1.29, 1.82) is 0 Å². The summed E-state index contributed by atoms with van der Waals surface area (Å²) in [7, 11) is 0. The minimum absolute atomic E-state index is 0.158. The Morgan fingerprint density at radius 3 is 2.60 bits per heavy atom. The second kappa shape index (κ2) is 4.77. The van der Waals surface area contributed by atoms with E-state index in [1.54, 1.807) is 12.4 Å². The van der Waals surface area contributed by atoms with Gasteiger partial charge < -0.3 is 10.4 Å². The van der Waals surface area contributed by atoms with E-state index in [9.17, 15) is 4.79 Å². The fraction of sp³-hybridized carbons (Fsp3) is 0.455. The lowest BCUT2D eigenvalue weighted by atomic mass is 9.89. The Kier molecular flexibility index (Phi) is 3.66. The second-order valence-corrected chi connectivity index (χ2v) is 4.32. The van der Waals surface area contributed by atoms with Gasteiger partial charge in [0, 0.05) is 24.6 Å². The third-order valence-corrected chi connectivity index (χ3v) is 2.08. The zero-order valence-electron chi connectivity index (χ0n) is 9.03. The molecule has 15 heavy (non-hydrogen) atoms. The number of aromatic nitrogens is 1. The summed E-state index contributed by atoms with van der Waals surface area (Å²) >= 11 is 0. The number of aliphatic carboxylic acids is 1. The molecule has 0 saturated carbocycles. The monoisotopic (exact) mass is 208 g/mol. The average Bonchev–Trinajstić information content (AvgIpc) is 2.15. The predicted octanol–water partition coefficient (Wildman–Crippen LogP) is 1.99. The van der Waals surface area contributed by atoms with Gasteiger partial charge in [-0.15, -0.1) is 0 Å². The van der Waals surface area contributed by atoms with Gasteiger partial charge in [0.1, 0.15) is 0 Å². The summed E-state index contributed by atoms with van der Waals surface area (Å²) in [6.45, 7) is 4.48. The van der Waals surface area contributed by atoms with Crippen LogP contribution in [0.5, 0.6) is 0 Å². The lowest BCUT2D eigenvalue weighted by Crippen LogP contribution is -2.26. The molecular formula is C11H16N2O2. The zero-order chi connectivity index (χ0) is 11.3. The van der Waals surface area contributed by atoms with Crippen LogP contribution in [-0.2, 0) is 4.79 Å². The molecule has 0 spiro atoms. The summed E-state index contributed by atoms with van der Waals surface area (Å²) in [6.07, 6.45) is 3.56. The van der Waals surface area contributed by atoms with Gasteiger partial charge >= 0.3 is 5.97 Å². The summed E-state index contributed by atoms with van der Waals surface area (Å²) in [4.78, 5) is 14.5. The lowest BCUT2D eigenvalue weighted by molar-refractivity contribution is -0.139. The highest BCUT2D eigenvalue weighted by Crippen LogP contribution is 2.20. The highest BCUT2D eigenvalue weighted by molar-refractivity contribution is 5.67. The van der Waals surface area contributed by atoms with E-state index in [0.29, 0.717) is 6.54 Å². The van der Waals surface area contributed by atoms with Crippen LogP contribution in [0.1, 0.15) is 20.3 Å². The van der Waals surface area contributed by atoms with Crippen LogP contribution in [0.4, 0.5) is 5.69 Å². The molecule has 0 aliphatic heterocycles. The van der Waals surface area contributed by atoms with Crippen LogP contribution in [0.2, 0.25) is 0 Å². The first-order valence-corrected chi connectivity index (χ1v) is 4.85. The summed E-state index contributed by atoms with van der Waals surface area (Å²) in [6, 6.07) is 3.72. The topological polar surface area (TPSA) is 62.2 Å². The minimum Gasteiger partial charge on any atom is -0.481 e. The predicted molar refractivity (Wildman–Crippen MR) is 58.8 cm³/mol. The fourth-order valence-corrected chi connectivity index (χ4v) is 1.28. The quantitative estimate of drug-likeness (QED) is 0.776. The van der Waals surface area contributed by atoms with Crippen LogP contribution in [0.15, 0.2) is 24.5 Å². The molecule has 1 aromatic rings. The molecule has 82 valence electrons. The molecule has 4 nitrogen and oxygen atoms in total. The maximum absolute atomic E-state index is 10.6. The number of hydrogen-bond acceptors (Lipinski definition) is 3. The molecule has 1 heterocycles. The van der Waals surface area contributed by atoms with Crippen molar-refractivity contribution in [2.24, 2.45) is 5.41 Å². The fourth-order valence-electron chi connectivity index (χ4n) is 1.28. The van der Waals surface area contributed by atoms with Crippen LogP contribution in [0.3, 0.4) is 0 Å². The number of anilines is 1. The first-order valence-electron chi connectivity index (χ1n) is 4.85. The second-order valence-electron chi connectivity index (χ2n) is 4.32. The third-order valence-electron chi connectivity index (χ3n) is 2.08. The van der Waals surface area contributed by atoms with Gasteiger partial charge in [-0.3, -0.25) is 9.78 Å². The number of carboxylic acid groups (broad SMARTS) is 1. The molecule has 1 aromatic heterocycles.